The van der Waals surface area contributed by atoms with E-state index in [1.807, 2.05) is 17.0 Å². The Morgan fingerprint density at radius 1 is 1.38 bits per heavy atom. The van der Waals surface area contributed by atoms with Gasteiger partial charge in [-0.2, -0.15) is 0 Å². The summed E-state index contributed by atoms with van der Waals surface area (Å²) in [6.07, 6.45) is 1.73. The summed E-state index contributed by atoms with van der Waals surface area (Å²) in [4.78, 5) is 22.8. The third-order valence-corrected chi connectivity index (χ3v) is 5.46. The molecule has 5 nitrogen and oxygen atoms in total. The lowest BCUT2D eigenvalue weighted by Crippen LogP contribution is -2.56. The van der Waals surface area contributed by atoms with Crippen LogP contribution in [-0.4, -0.2) is 52.9 Å². The zero-order valence-corrected chi connectivity index (χ0v) is 13.4. The Balaban J connectivity index is 1.92. The molecule has 0 radical (unpaired) electrons. The zero-order valence-electron chi connectivity index (χ0n) is 12.5. The van der Waals surface area contributed by atoms with Gasteiger partial charge in [-0.25, -0.2) is 4.98 Å². The van der Waals surface area contributed by atoms with Crippen LogP contribution < -0.4 is 5.73 Å². The molecule has 0 aliphatic carbocycles. The minimum atomic E-state index is 0.0299. The van der Waals surface area contributed by atoms with E-state index in [-0.39, 0.29) is 5.91 Å². The topological polar surface area (TPSA) is 62.5 Å². The lowest BCUT2D eigenvalue weighted by atomic mass is 10.1. The fraction of sp³-hybridized carbons (Fsp3) is 0.467. The van der Waals surface area contributed by atoms with Gasteiger partial charge in [0.2, 0.25) is 0 Å². The number of piperazine rings is 1. The largest absolute Gasteiger partial charge is 0.397 e. The highest BCUT2D eigenvalue weighted by Gasteiger charge is 2.31. The monoisotopic (exact) mass is 304 g/mol. The Morgan fingerprint density at radius 2 is 2.05 bits per heavy atom. The van der Waals surface area contributed by atoms with Gasteiger partial charge in [0.05, 0.1) is 5.69 Å². The van der Waals surface area contributed by atoms with E-state index in [0.717, 1.165) is 23.3 Å². The Bertz CT molecular complexity index is 671. The molecule has 0 aromatic carbocycles. The summed E-state index contributed by atoms with van der Waals surface area (Å²) in [6, 6.07) is 4.47. The van der Waals surface area contributed by atoms with Crippen LogP contribution in [0.5, 0.6) is 0 Å². The van der Waals surface area contributed by atoms with Gasteiger partial charge < -0.3 is 10.6 Å². The first-order chi connectivity index (χ1) is 9.99. The van der Waals surface area contributed by atoms with E-state index in [1.165, 1.54) is 11.3 Å². The minimum absolute atomic E-state index is 0.0299. The molecule has 3 heterocycles. The van der Waals surface area contributed by atoms with Crippen LogP contribution in [0.3, 0.4) is 0 Å². The second kappa shape index (κ2) is 5.27. The molecule has 1 aliphatic heterocycles. The number of carbonyl (C=O) groups is 1. The summed E-state index contributed by atoms with van der Waals surface area (Å²) >= 11 is 1.39. The van der Waals surface area contributed by atoms with Crippen molar-refractivity contribution in [3.8, 4) is 0 Å². The summed E-state index contributed by atoms with van der Waals surface area (Å²) in [5.41, 5.74) is 6.72. The molecule has 0 saturated carbocycles. The third-order valence-electron chi connectivity index (χ3n) is 4.35. The Hall–Kier alpha value is -1.66. The quantitative estimate of drug-likeness (QED) is 0.876. The number of likely N-dealkylation sites (N-methyl/N-ethyl adjacent to an activating group) is 1. The molecule has 6 heteroatoms. The highest BCUT2D eigenvalue weighted by atomic mass is 32.1. The van der Waals surface area contributed by atoms with Crippen LogP contribution in [0.4, 0.5) is 5.69 Å². The highest BCUT2D eigenvalue weighted by molar-refractivity contribution is 7.21. The van der Waals surface area contributed by atoms with Crippen molar-refractivity contribution in [1.82, 2.24) is 14.8 Å². The summed E-state index contributed by atoms with van der Waals surface area (Å²) in [6.45, 7) is 5.76. The number of amides is 1. The first kappa shape index (κ1) is 14.3. The SMILES string of the molecule is CC1CN(C(=O)c2sc3ncccc3c2N)CC(C)N1C. The molecule has 0 bridgehead atoms. The predicted octanol–water partition coefficient (Wildman–Crippen LogP) is 2.04. The first-order valence-electron chi connectivity index (χ1n) is 7.13. The van der Waals surface area contributed by atoms with Gasteiger partial charge in [0.1, 0.15) is 9.71 Å². The van der Waals surface area contributed by atoms with E-state index in [0.29, 0.717) is 22.6 Å². The molecule has 2 atom stereocenters. The number of nitrogen functional groups attached to an aromatic ring is 1. The second-order valence-electron chi connectivity index (χ2n) is 5.77. The molecule has 2 aromatic heterocycles. The fourth-order valence-electron chi connectivity index (χ4n) is 2.82. The van der Waals surface area contributed by atoms with Crippen LogP contribution in [0.15, 0.2) is 18.3 Å². The summed E-state index contributed by atoms with van der Waals surface area (Å²) < 4.78 is 0. The van der Waals surface area contributed by atoms with Crippen molar-refractivity contribution < 1.29 is 4.79 Å². The summed E-state index contributed by atoms with van der Waals surface area (Å²) in [5.74, 6) is 0.0299. The lowest BCUT2D eigenvalue weighted by molar-refractivity contribution is 0.0419. The van der Waals surface area contributed by atoms with Crippen molar-refractivity contribution in [3.63, 3.8) is 0 Å². The van der Waals surface area contributed by atoms with Gasteiger partial charge in [-0.15, -0.1) is 11.3 Å². The van der Waals surface area contributed by atoms with Gasteiger partial charge in [0.25, 0.3) is 5.91 Å². The standard InChI is InChI=1S/C15H20N4OS/c1-9-7-19(8-10(2)18(9)3)15(20)13-12(16)11-5-4-6-17-14(11)21-13/h4-6,9-10H,7-8,16H2,1-3H3. The van der Waals surface area contributed by atoms with Crippen LogP contribution in [0.2, 0.25) is 0 Å². The van der Waals surface area contributed by atoms with E-state index in [2.05, 4.69) is 30.8 Å². The maximum Gasteiger partial charge on any atom is 0.266 e. The van der Waals surface area contributed by atoms with Crippen LogP contribution >= 0.6 is 11.3 Å². The summed E-state index contributed by atoms with van der Waals surface area (Å²) in [7, 11) is 2.11. The molecule has 2 aromatic rings. The van der Waals surface area contributed by atoms with E-state index < -0.39 is 0 Å². The molecule has 1 saturated heterocycles. The Morgan fingerprint density at radius 3 is 2.67 bits per heavy atom. The van der Waals surface area contributed by atoms with Gasteiger partial charge in [0.15, 0.2) is 0 Å². The van der Waals surface area contributed by atoms with Gasteiger partial charge in [-0.1, -0.05) is 0 Å². The van der Waals surface area contributed by atoms with Crippen molar-refractivity contribution in [2.45, 2.75) is 25.9 Å². The van der Waals surface area contributed by atoms with E-state index in [4.69, 9.17) is 5.73 Å². The number of anilines is 1. The molecule has 1 amide bonds. The number of fused-ring (bicyclic) bond motifs is 1. The number of hydrogen-bond acceptors (Lipinski definition) is 5. The fourth-order valence-corrected chi connectivity index (χ4v) is 3.86. The number of nitrogens with zero attached hydrogens (tertiary/aromatic N) is 3. The maximum absolute atomic E-state index is 12.8. The van der Waals surface area contributed by atoms with Crippen LogP contribution in [0.25, 0.3) is 10.2 Å². The number of nitrogens with two attached hydrogens (primary N) is 1. The van der Waals surface area contributed by atoms with Crippen molar-refractivity contribution in [3.05, 3.63) is 23.2 Å². The zero-order chi connectivity index (χ0) is 15.1. The molecular weight excluding hydrogens is 284 g/mol. The molecule has 2 N–H and O–H groups in total. The van der Waals surface area contributed by atoms with Crippen molar-refractivity contribution in [2.75, 3.05) is 25.9 Å². The van der Waals surface area contributed by atoms with E-state index in [9.17, 15) is 4.79 Å². The third kappa shape index (κ3) is 2.38. The van der Waals surface area contributed by atoms with Crippen molar-refractivity contribution in [1.29, 1.82) is 0 Å². The normalized spacial score (nSPS) is 23.7. The van der Waals surface area contributed by atoms with Crippen LogP contribution in [0, 0.1) is 0 Å². The molecular formula is C15H20N4OS. The number of aromatic nitrogens is 1. The number of hydrogen-bond donors (Lipinski definition) is 1. The molecule has 112 valence electrons. The average molecular weight is 304 g/mol. The molecule has 21 heavy (non-hydrogen) atoms. The predicted molar refractivity (Wildman–Crippen MR) is 86.6 cm³/mol. The van der Waals surface area contributed by atoms with Gasteiger partial charge in [0, 0.05) is 36.8 Å². The van der Waals surface area contributed by atoms with Crippen LogP contribution in [-0.2, 0) is 0 Å². The van der Waals surface area contributed by atoms with Gasteiger partial charge in [-0.3, -0.25) is 9.69 Å². The highest BCUT2D eigenvalue weighted by Crippen LogP contribution is 2.33. The second-order valence-corrected chi connectivity index (χ2v) is 6.77. The van der Waals surface area contributed by atoms with Crippen molar-refractivity contribution >= 4 is 33.1 Å². The van der Waals surface area contributed by atoms with Gasteiger partial charge in [-0.05, 0) is 33.0 Å². The number of rotatable bonds is 1. The van der Waals surface area contributed by atoms with E-state index >= 15 is 0 Å². The molecule has 1 aliphatic rings. The molecule has 2 unspecified atom stereocenters. The number of carbonyl (C=O) groups excluding carboxylic acids is 1. The number of pyridine rings is 1. The smallest absolute Gasteiger partial charge is 0.266 e. The van der Waals surface area contributed by atoms with Crippen molar-refractivity contribution in [2.24, 2.45) is 0 Å². The van der Waals surface area contributed by atoms with Crippen LogP contribution in [0.1, 0.15) is 23.5 Å². The first-order valence-corrected chi connectivity index (χ1v) is 7.95. The average Bonchev–Trinajstić information content (AvgIpc) is 2.81. The maximum atomic E-state index is 12.8. The molecule has 3 rings (SSSR count). The van der Waals surface area contributed by atoms with E-state index in [1.54, 1.807) is 6.20 Å². The number of thiophene rings is 1. The Kier molecular flexibility index (Phi) is 3.59. The lowest BCUT2D eigenvalue weighted by Gasteiger charge is -2.42. The molecule has 1 fully saturated rings. The van der Waals surface area contributed by atoms with Gasteiger partial charge >= 0.3 is 0 Å². The summed E-state index contributed by atoms with van der Waals surface area (Å²) in [5, 5.41) is 0.876. The Labute approximate surface area is 128 Å². The minimum Gasteiger partial charge on any atom is -0.397 e. The molecule has 0 spiro atoms.